The van der Waals surface area contributed by atoms with Crippen molar-refractivity contribution in [1.82, 2.24) is 0 Å². The Balaban J connectivity index is 1.42. The summed E-state index contributed by atoms with van der Waals surface area (Å²) in [6, 6.07) is 12.5. The van der Waals surface area contributed by atoms with E-state index in [9.17, 15) is 0 Å². The maximum absolute atomic E-state index is 2.81. The molecule has 0 radical (unpaired) electrons. The van der Waals surface area contributed by atoms with Crippen LogP contribution in [0.15, 0.2) is 89.1 Å². The van der Waals surface area contributed by atoms with Gasteiger partial charge in [0.25, 0.3) is 6.71 Å². The van der Waals surface area contributed by atoms with E-state index in [4.69, 9.17) is 0 Å². The molecule has 9 rings (SSSR count). The molecule has 0 saturated heterocycles. The van der Waals surface area contributed by atoms with Crippen LogP contribution in [0.3, 0.4) is 0 Å². The fraction of sp³-hybridized carbons (Fsp3) is 0.312. The lowest BCUT2D eigenvalue weighted by Crippen LogP contribution is -2.60. The normalized spacial score (nSPS) is 29.9. The van der Waals surface area contributed by atoms with Gasteiger partial charge in [0.05, 0.1) is 11.6 Å². The van der Waals surface area contributed by atoms with Crippen molar-refractivity contribution in [3.05, 3.63) is 100 Å². The predicted octanol–water partition coefficient (Wildman–Crippen LogP) is 5.86. The van der Waals surface area contributed by atoms with Crippen molar-refractivity contribution in [2.75, 3.05) is 9.80 Å². The van der Waals surface area contributed by atoms with Gasteiger partial charge in [0.1, 0.15) is 0 Å². The number of hydrogen-bond acceptors (Lipinski definition) is 2. The van der Waals surface area contributed by atoms with E-state index in [2.05, 4.69) is 90.4 Å². The standard InChI is InChI=1S/C32H29BN2/c1-19-17-27-29-28(18-19)35-31-22(23-12-5-6-16-32(23,35)2)11-8-14-25(31)33(29)24-13-7-10-21-20-9-3-4-15-26(20)34(27)30(21)24/h3-4,7,9-10,12-15,17-18,20,26H,5-6,8,11,16H2,1-2H3. The molecule has 0 N–H and O–H groups in total. The summed E-state index contributed by atoms with van der Waals surface area (Å²) in [5, 5.41) is 0. The van der Waals surface area contributed by atoms with Gasteiger partial charge in [-0.15, -0.1) is 0 Å². The van der Waals surface area contributed by atoms with E-state index in [0.717, 1.165) is 6.42 Å². The molecule has 0 saturated carbocycles. The van der Waals surface area contributed by atoms with Crippen LogP contribution in [0.4, 0.5) is 17.1 Å². The Kier molecular flexibility index (Phi) is 3.34. The lowest BCUT2D eigenvalue weighted by Gasteiger charge is -2.50. The number of para-hydroxylation sites is 1. The average molecular weight is 452 g/mol. The lowest BCUT2D eigenvalue weighted by molar-refractivity contribution is 0.467. The summed E-state index contributed by atoms with van der Waals surface area (Å²) in [6.45, 7) is 5.17. The van der Waals surface area contributed by atoms with Crippen molar-refractivity contribution in [2.45, 2.75) is 63.5 Å². The van der Waals surface area contributed by atoms with Crippen LogP contribution >= 0.6 is 0 Å². The molecule has 2 aromatic carbocycles. The number of fused-ring (bicyclic) bond motifs is 10. The zero-order valence-corrected chi connectivity index (χ0v) is 20.5. The van der Waals surface area contributed by atoms with E-state index in [1.54, 1.807) is 27.8 Å². The van der Waals surface area contributed by atoms with Crippen LogP contribution in [-0.4, -0.2) is 18.3 Å². The first-order valence-electron chi connectivity index (χ1n) is 13.5. The SMILES string of the molecule is Cc1cc2c3c(c1)N1C4=C(CCC=C4B3c3cccc4c3N2C2C=CC=CC42)C2=CCCCC21C. The van der Waals surface area contributed by atoms with Gasteiger partial charge < -0.3 is 9.80 Å². The molecule has 3 atom stereocenters. The van der Waals surface area contributed by atoms with Crippen molar-refractivity contribution in [3.8, 4) is 0 Å². The van der Waals surface area contributed by atoms with Gasteiger partial charge in [-0.05, 0) is 96.8 Å². The van der Waals surface area contributed by atoms with E-state index >= 15 is 0 Å². The van der Waals surface area contributed by atoms with Crippen LogP contribution in [0.1, 0.15) is 56.1 Å². The van der Waals surface area contributed by atoms with Crippen molar-refractivity contribution in [2.24, 2.45) is 0 Å². The smallest absolute Gasteiger partial charge is 0.251 e. The van der Waals surface area contributed by atoms with Gasteiger partial charge in [0.15, 0.2) is 0 Å². The number of benzene rings is 2. The molecule has 0 spiro atoms. The summed E-state index contributed by atoms with van der Waals surface area (Å²) < 4.78 is 0. The van der Waals surface area contributed by atoms with Crippen molar-refractivity contribution < 1.29 is 0 Å². The Hall–Kier alpha value is -3.20. The monoisotopic (exact) mass is 452 g/mol. The van der Waals surface area contributed by atoms with Crippen molar-refractivity contribution >= 4 is 34.7 Å². The van der Waals surface area contributed by atoms with Crippen molar-refractivity contribution in [1.29, 1.82) is 0 Å². The highest BCUT2D eigenvalue weighted by molar-refractivity contribution is 6.96. The third-order valence-corrected chi connectivity index (χ3v) is 9.95. The van der Waals surface area contributed by atoms with Gasteiger partial charge in [-0.25, -0.2) is 0 Å². The van der Waals surface area contributed by atoms with Crippen LogP contribution in [0.25, 0.3) is 0 Å². The second-order valence-electron chi connectivity index (χ2n) is 11.7. The summed E-state index contributed by atoms with van der Waals surface area (Å²) in [7, 11) is 0. The molecule has 2 aromatic rings. The van der Waals surface area contributed by atoms with Crippen LogP contribution < -0.4 is 20.7 Å². The third kappa shape index (κ3) is 2.04. The fourth-order valence-corrected chi connectivity index (χ4v) is 8.74. The van der Waals surface area contributed by atoms with Gasteiger partial charge in [-0.2, -0.15) is 0 Å². The molecule has 3 heteroatoms. The molecule has 0 aromatic heterocycles. The second-order valence-corrected chi connectivity index (χ2v) is 11.7. The number of anilines is 3. The van der Waals surface area contributed by atoms with Crippen LogP contribution in [-0.2, 0) is 0 Å². The topological polar surface area (TPSA) is 6.48 Å². The Morgan fingerprint density at radius 2 is 1.91 bits per heavy atom. The largest absolute Gasteiger partial charge is 0.334 e. The summed E-state index contributed by atoms with van der Waals surface area (Å²) in [6.07, 6.45) is 20.6. The van der Waals surface area contributed by atoms with E-state index in [1.165, 1.54) is 59.3 Å². The number of aryl methyl sites for hydroxylation is 1. The number of allylic oxidation sites excluding steroid dienone is 5. The summed E-state index contributed by atoms with van der Waals surface area (Å²) in [5.74, 6) is 0.437. The van der Waals surface area contributed by atoms with Crippen molar-refractivity contribution in [3.63, 3.8) is 0 Å². The second kappa shape index (κ2) is 6.13. The van der Waals surface area contributed by atoms with Crippen LogP contribution in [0.5, 0.6) is 0 Å². The maximum Gasteiger partial charge on any atom is 0.251 e. The van der Waals surface area contributed by atoms with Gasteiger partial charge in [-0.1, -0.05) is 54.7 Å². The Morgan fingerprint density at radius 3 is 2.86 bits per heavy atom. The quantitative estimate of drug-likeness (QED) is 0.462. The highest BCUT2D eigenvalue weighted by Crippen LogP contribution is 2.58. The number of nitrogens with zero attached hydrogens (tertiary/aromatic N) is 2. The molecular weight excluding hydrogens is 423 g/mol. The first kappa shape index (κ1) is 19.0. The third-order valence-electron chi connectivity index (χ3n) is 9.95. The molecule has 0 fully saturated rings. The molecular formula is C32H29BN2. The van der Waals surface area contributed by atoms with E-state index in [1.807, 2.05) is 0 Å². The summed E-state index contributed by atoms with van der Waals surface area (Å²) in [5.41, 5.74) is 16.8. The first-order valence-corrected chi connectivity index (χ1v) is 13.5. The zero-order chi connectivity index (χ0) is 23.1. The van der Waals surface area contributed by atoms with E-state index < -0.39 is 0 Å². The average Bonchev–Trinajstić information content (AvgIpc) is 3.35. The molecule has 170 valence electrons. The number of hydrogen-bond donors (Lipinski definition) is 0. The van der Waals surface area contributed by atoms with E-state index in [-0.39, 0.29) is 5.54 Å². The number of rotatable bonds is 0. The summed E-state index contributed by atoms with van der Waals surface area (Å²) >= 11 is 0. The highest BCUT2D eigenvalue weighted by atomic mass is 15.3. The Bertz CT molecular complexity index is 1530. The van der Waals surface area contributed by atoms with Crippen LogP contribution in [0, 0.1) is 6.92 Å². The zero-order valence-electron chi connectivity index (χ0n) is 20.5. The highest BCUT2D eigenvalue weighted by Gasteiger charge is 2.56. The van der Waals surface area contributed by atoms with Gasteiger partial charge >= 0.3 is 0 Å². The van der Waals surface area contributed by atoms with Crippen LogP contribution in [0.2, 0.25) is 0 Å². The molecule has 2 nitrogen and oxygen atoms in total. The molecule has 4 aliphatic heterocycles. The molecule has 3 aliphatic carbocycles. The minimum Gasteiger partial charge on any atom is -0.334 e. The predicted molar refractivity (Wildman–Crippen MR) is 147 cm³/mol. The maximum atomic E-state index is 2.81. The Morgan fingerprint density at radius 1 is 1.03 bits per heavy atom. The Labute approximate surface area is 208 Å². The fourth-order valence-electron chi connectivity index (χ4n) is 8.74. The molecule has 0 amide bonds. The lowest BCUT2D eigenvalue weighted by atomic mass is 9.32. The molecule has 4 heterocycles. The minimum absolute atomic E-state index is 0.0853. The minimum atomic E-state index is 0.0853. The molecule has 35 heavy (non-hydrogen) atoms. The van der Waals surface area contributed by atoms with Gasteiger partial charge in [0.2, 0.25) is 0 Å². The van der Waals surface area contributed by atoms with Gasteiger partial charge in [0, 0.05) is 28.7 Å². The first-order chi connectivity index (χ1) is 17.2. The molecule has 7 aliphatic rings. The molecule has 3 unspecified atom stereocenters. The van der Waals surface area contributed by atoms with E-state index in [0.29, 0.717) is 18.7 Å². The summed E-state index contributed by atoms with van der Waals surface area (Å²) in [4.78, 5) is 5.51. The van der Waals surface area contributed by atoms with Gasteiger partial charge in [-0.3, -0.25) is 0 Å². The molecule has 0 bridgehead atoms.